The second-order valence-electron chi connectivity index (χ2n) is 4.73. The van der Waals surface area contributed by atoms with Crippen LogP contribution in [0.4, 0.5) is 0 Å². The number of hydrogen-bond acceptors (Lipinski definition) is 4. The lowest BCUT2D eigenvalue weighted by molar-refractivity contribution is 0.174. The Morgan fingerprint density at radius 3 is 2.89 bits per heavy atom. The molecule has 2 heterocycles. The molecule has 1 N–H and O–H groups in total. The molecule has 0 saturated carbocycles. The highest BCUT2D eigenvalue weighted by Gasteiger charge is 2.21. The minimum absolute atomic E-state index is 0.189. The van der Waals surface area contributed by atoms with Crippen molar-refractivity contribution >= 4 is 0 Å². The first-order chi connectivity index (χ1) is 8.81. The molecule has 4 nitrogen and oxygen atoms in total. The quantitative estimate of drug-likeness (QED) is 0.896. The fourth-order valence-electron chi connectivity index (χ4n) is 2.31. The molecule has 0 radical (unpaired) electrons. The van der Waals surface area contributed by atoms with Gasteiger partial charge in [-0.3, -0.25) is 4.90 Å². The summed E-state index contributed by atoms with van der Waals surface area (Å²) in [5.74, 6) is 0.797. The van der Waals surface area contributed by atoms with Gasteiger partial charge in [0.15, 0.2) is 5.76 Å². The third kappa shape index (κ3) is 2.44. The van der Waals surface area contributed by atoms with Crippen LogP contribution in [-0.2, 0) is 6.54 Å². The van der Waals surface area contributed by atoms with Gasteiger partial charge in [-0.25, -0.2) is 0 Å². The first-order valence-electron chi connectivity index (χ1n) is 6.23. The Labute approximate surface area is 106 Å². The van der Waals surface area contributed by atoms with Crippen molar-refractivity contribution in [2.24, 2.45) is 0 Å². The SMILES string of the molecule is O[C@@H]1CCN(Cc2cc(-c3ccccc3)on2)C1. The van der Waals surface area contributed by atoms with E-state index in [4.69, 9.17) is 4.52 Å². The summed E-state index contributed by atoms with van der Waals surface area (Å²) in [6.45, 7) is 2.40. The smallest absolute Gasteiger partial charge is 0.167 e. The summed E-state index contributed by atoms with van der Waals surface area (Å²) in [7, 11) is 0. The van der Waals surface area contributed by atoms with Crippen molar-refractivity contribution in [1.29, 1.82) is 0 Å². The van der Waals surface area contributed by atoms with Crippen molar-refractivity contribution in [2.75, 3.05) is 13.1 Å². The molecule has 18 heavy (non-hydrogen) atoms. The number of β-amino-alcohol motifs (C(OH)–C–C–N with tert-alkyl or cyclic N) is 1. The number of aliphatic hydroxyl groups excluding tert-OH is 1. The number of aliphatic hydroxyl groups is 1. The van der Waals surface area contributed by atoms with Gasteiger partial charge in [-0.05, 0) is 6.42 Å². The van der Waals surface area contributed by atoms with Crippen molar-refractivity contribution in [1.82, 2.24) is 10.1 Å². The topological polar surface area (TPSA) is 49.5 Å². The summed E-state index contributed by atoms with van der Waals surface area (Å²) in [6, 6.07) is 11.9. The molecule has 1 aliphatic rings. The molecule has 0 aliphatic carbocycles. The summed E-state index contributed by atoms with van der Waals surface area (Å²) in [4.78, 5) is 2.19. The standard InChI is InChI=1S/C14H16N2O2/c17-13-6-7-16(10-13)9-12-8-14(18-15-12)11-4-2-1-3-5-11/h1-5,8,13,17H,6-7,9-10H2/t13-/m1/s1. The highest BCUT2D eigenvalue weighted by Crippen LogP contribution is 2.21. The van der Waals surface area contributed by atoms with E-state index < -0.39 is 0 Å². The molecule has 1 aromatic carbocycles. The number of hydrogen-bond donors (Lipinski definition) is 1. The zero-order chi connectivity index (χ0) is 12.4. The molecule has 0 amide bonds. The van der Waals surface area contributed by atoms with E-state index in [1.807, 2.05) is 36.4 Å². The van der Waals surface area contributed by atoms with Crippen LogP contribution in [0, 0.1) is 0 Å². The Kier molecular flexibility index (Phi) is 3.13. The van der Waals surface area contributed by atoms with Crippen LogP contribution in [0.25, 0.3) is 11.3 Å². The third-order valence-corrected chi connectivity index (χ3v) is 3.25. The van der Waals surface area contributed by atoms with Crippen LogP contribution >= 0.6 is 0 Å². The lowest BCUT2D eigenvalue weighted by atomic mass is 10.1. The summed E-state index contributed by atoms with van der Waals surface area (Å²) in [5.41, 5.74) is 1.96. The van der Waals surface area contributed by atoms with Crippen LogP contribution in [0.5, 0.6) is 0 Å². The van der Waals surface area contributed by atoms with Crippen molar-refractivity contribution < 1.29 is 9.63 Å². The number of rotatable bonds is 3. The predicted molar refractivity (Wildman–Crippen MR) is 67.8 cm³/mol. The normalized spacial score (nSPS) is 20.4. The maximum Gasteiger partial charge on any atom is 0.167 e. The second-order valence-corrected chi connectivity index (χ2v) is 4.73. The Hall–Kier alpha value is -1.65. The van der Waals surface area contributed by atoms with Gasteiger partial charge in [-0.15, -0.1) is 0 Å². The van der Waals surface area contributed by atoms with Crippen LogP contribution < -0.4 is 0 Å². The first kappa shape index (κ1) is 11.4. The summed E-state index contributed by atoms with van der Waals surface area (Å²) >= 11 is 0. The van der Waals surface area contributed by atoms with Gasteiger partial charge in [-0.2, -0.15) is 0 Å². The van der Waals surface area contributed by atoms with Crippen LogP contribution in [-0.4, -0.2) is 34.4 Å². The lowest BCUT2D eigenvalue weighted by Crippen LogP contribution is -2.21. The zero-order valence-electron chi connectivity index (χ0n) is 10.1. The van der Waals surface area contributed by atoms with Gasteiger partial charge in [0.1, 0.15) is 0 Å². The highest BCUT2D eigenvalue weighted by molar-refractivity contribution is 5.56. The van der Waals surface area contributed by atoms with Crippen molar-refractivity contribution in [3.8, 4) is 11.3 Å². The van der Waals surface area contributed by atoms with Crippen molar-refractivity contribution in [3.63, 3.8) is 0 Å². The molecule has 1 atom stereocenters. The van der Waals surface area contributed by atoms with E-state index >= 15 is 0 Å². The zero-order valence-corrected chi connectivity index (χ0v) is 10.1. The Morgan fingerprint density at radius 1 is 1.33 bits per heavy atom. The van der Waals surface area contributed by atoms with Gasteiger partial charge in [0.25, 0.3) is 0 Å². The average molecular weight is 244 g/mol. The van der Waals surface area contributed by atoms with Gasteiger partial charge in [0.05, 0.1) is 11.8 Å². The van der Waals surface area contributed by atoms with Gasteiger partial charge < -0.3 is 9.63 Å². The fourth-order valence-corrected chi connectivity index (χ4v) is 2.31. The van der Waals surface area contributed by atoms with E-state index in [2.05, 4.69) is 10.1 Å². The summed E-state index contributed by atoms with van der Waals surface area (Å²) in [5, 5.41) is 13.6. The van der Waals surface area contributed by atoms with E-state index in [1.54, 1.807) is 0 Å². The van der Waals surface area contributed by atoms with Crippen LogP contribution in [0.2, 0.25) is 0 Å². The highest BCUT2D eigenvalue weighted by atomic mass is 16.5. The van der Waals surface area contributed by atoms with E-state index in [0.29, 0.717) is 0 Å². The van der Waals surface area contributed by atoms with Crippen molar-refractivity contribution in [3.05, 3.63) is 42.1 Å². The maximum atomic E-state index is 9.48. The minimum Gasteiger partial charge on any atom is -0.392 e. The second kappa shape index (κ2) is 4.92. The minimum atomic E-state index is -0.189. The predicted octanol–water partition coefficient (Wildman–Crippen LogP) is 1.91. The van der Waals surface area contributed by atoms with Crippen LogP contribution in [0.1, 0.15) is 12.1 Å². The van der Waals surface area contributed by atoms with E-state index in [1.165, 1.54) is 0 Å². The molecule has 0 spiro atoms. The van der Waals surface area contributed by atoms with Gasteiger partial charge in [-0.1, -0.05) is 35.5 Å². The maximum absolute atomic E-state index is 9.48. The largest absolute Gasteiger partial charge is 0.392 e. The monoisotopic (exact) mass is 244 g/mol. The molecule has 1 aromatic heterocycles. The number of nitrogens with zero attached hydrogens (tertiary/aromatic N) is 2. The Morgan fingerprint density at radius 2 is 2.17 bits per heavy atom. The molecule has 1 saturated heterocycles. The number of likely N-dealkylation sites (tertiary alicyclic amines) is 1. The first-order valence-corrected chi connectivity index (χ1v) is 6.23. The lowest BCUT2D eigenvalue weighted by Gasteiger charge is -2.11. The molecule has 1 fully saturated rings. The van der Waals surface area contributed by atoms with Crippen molar-refractivity contribution in [2.45, 2.75) is 19.1 Å². The third-order valence-electron chi connectivity index (χ3n) is 3.25. The summed E-state index contributed by atoms with van der Waals surface area (Å²) < 4.78 is 5.35. The molecular formula is C14H16N2O2. The molecule has 4 heteroatoms. The molecule has 0 unspecified atom stereocenters. The van der Waals surface area contributed by atoms with Crippen LogP contribution in [0.3, 0.4) is 0 Å². The fraction of sp³-hybridized carbons (Fsp3) is 0.357. The van der Waals surface area contributed by atoms with E-state index in [-0.39, 0.29) is 6.10 Å². The molecule has 0 bridgehead atoms. The molecule has 2 aromatic rings. The van der Waals surface area contributed by atoms with E-state index in [9.17, 15) is 5.11 Å². The molecule has 3 rings (SSSR count). The van der Waals surface area contributed by atoms with Gasteiger partial charge in [0.2, 0.25) is 0 Å². The molecule has 94 valence electrons. The van der Waals surface area contributed by atoms with Gasteiger partial charge >= 0.3 is 0 Å². The summed E-state index contributed by atoms with van der Waals surface area (Å²) in [6.07, 6.45) is 0.661. The van der Waals surface area contributed by atoms with E-state index in [0.717, 1.165) is 43.1 Å². The van der Waals surface area contributed by atoms with Gasteiger partial charge in [0, 0.05) is 31.3 Å². The Bertz CT molecular complexity index is 510. The number of aromatic nitrogens is 1. The number of benzene rings is 1. The molecular weight excluding hydrogens is 228 g/mol. The Balaban J connectivity index is 1.70. The average Bonchev–Trinajstić information content (AvgIpc) is 3.01. The van der Waals surface area contributed by atoms with Crippen LogP contribution in [0.15, 0.2) is 40.9 Å². The molecule has 1 aliphatic heterocycles.